The highest BCUT2D eigenvalue weighted by Crippen LogP contribution is 2.35. The average Bonchev–Trinajstić information content (AvgIpc) is 3.01. The first-order valence-corrected chi connectivity index (χ1v) is 11.1. The predicted molar refractivity (Wildman–Crippen MR) is 115 cm³/mol. The molecular formula is C17H35IN4O2S. The molecule has 1 aliphatic heterocycles. The largest absolute Gasteiger partial charge is 0.357 e. The lowest BCUT2D eigenvalue weighted by atomic mass is 9.82. The van der Waals surface area contributed by atoms with Crippen molar-refractivity contribution in [2.75, 3.05) is 45.5 Å². The van der Waals surface area contributed by atoms with Crippen molar-refractivity contribution >= 4 is 40.0 Å². The lowest BCUT2D eigenvalue weighted by Crippen LogP contribution is -2.40. The summed E-state index contributed by atoms with van der Waals surface area (Å²) < 4.78 is 24.9. The minimum Gasteiger partial charge on any atom is -0.357 e. The van der Waals surface area contributed by atoms with Gasteiger partial charge in [-0.1, -0.05) is 12.8 Å². The van der Waals surface area contributed by atoms with Crippen molar-refractivity contribution in [1.82, 2.24) is 14.5 Å². The fraction of sp³-hybridized carbons (Fsp3) is 0.941. The van der Waals surface area contributed by atoms with Crippen LogP contribution in [0, 0.1) is 11.8 Å². The van der Waals surface area contributed by atoms with Crippen LogP contribution in [0.5, 0.6) is 0 Å². The van der Waals surface area contributed by atoms with Gasteiger partial charge >= 0.3 is 0 Å². The summed E-state index contributed by atoms with van der Waals surface area (Å²) in [4.78, 5) is 7.16. The summed E-state index contributed by atoms with van der Waals surface area (Å²) in [5.74, 6) is 2.84. The maximum absolute atomic E-state index is 11.8. The van der Waals surface area contributed by atoms with Crippen molar-refractivity contribution in [2.45, 2.75) is 46.0 Å². The molecule has 2 aliphatic rings. The summed E-state index contributed by atoms with van der Waals surface area (Å²) in [6, 6.07) is 0. The minimum absolute atomic E-state index is 0. The van der Waals surface area contributed by atoms with E-state index in [1.165, 1.54) is 30.0 Å². The Labute approximate surface area is 170 Å². The van der Waals surface area contributed by atoms with Gasteiger partial charge < -0.3 is 10.2 Å². The highest BCUT2D eigenvalue weighted by atomic mass is 127. The maximum atomic E-state index is 11.8. The fourth-order valence-electron chi connectivity index (χ4n) is 3.84. The topological polar surface area (TPSA) is 65.0 Å². The lowest BCUT2D eigenvalue weighted by Gasteiger charge is -2.22. The Hall–Kier alpha value is -0.0900. The van der Waals surface area contributed by atoms with E-state index in [0.29, 0.717) is 13.1 Å². The standard InChI is InChI=1S/C17H34N4O2S.HI/c1-4-18-17(19-11-8-12-20(3)24(22,23)5-2)21-13-15-9-6-7-10-16(15)14-21;/h15-16H,4-14H2,1-3H3,(H,18,19);1H. The van der Waals surface area contributed by atoms with Gasteiger partial charge in [-0.3, -0.25) is 4.99 Å². The number of hydrogen-bond acceptors (Lipinski definition) is 3. The van der Waals surface area contributed by atoms with Crippen LogP contribution in [0.15, 0.2) is 4.99 Å². The molecular weight excluding hydrogens is 451 g/mol. The van der Waals surface area contributed by atoms with Gasteiger partial charge in [-0.2, -0.15) is 0 Å². The molecule has 25 heavy (non-hydrogen) atoms. The zero-order valence-electron chi connectivity index (χ0n) is 15.9. The summed E-state index contributed by atoms with van der Waals surface area (Å²) in [6.07, 6.45) is 6.23. The second-order valence-corrected chi connectivity index (χ2v) is 9.39. The number of halogens is 1. The van der Waals surface area contributed by atoms with Crippen molar-refractivity contribution in [3.05, 3.63) is 0 Å². The van der Waals surface area contributed by atoms with E-state index in [-0.39, 0.29) is 29.7 Å². The molecule has 2 rings (SSSR count). The zero-order valence-corrected chi connectivity index (χ0v) is 19.1. The van der Waals surface area contributed by atoms with E-state index in [1.807, 2.05) is 0 Å². The smallest absolute Gasteiger partial charge is 0.213 e. The summed E-state index contributed by atoms with van der Waals surface area (Å²) >= 11 is 0. The van der Waals surface area contributed by atoms with Crippen molar-refractivity contribution < 1.29 is 8.42 Å². The minimum atomic E-state index is -3.08. The van der Waals surface area contributed by atoms with Crippen LogP contribution in [-0.2, 0) is 10.0 Å². The van der Waals surface area contributed by atoms with Gasteiger partial charge in [0.05, 0.1) is 5.75 Å². The molecule has 1 N–H and O–H groups in total. The molecule has 0 aromatic rings. The molecule has 2 fully saturated rings. The van der Waals surface area contributed by atoms with Crippen LogP contribution in [0.3, 0.4) is 0 Å². The van der Waals surface area contributed by atoms with Crippen LogP contribution in [0.4, 0.5) is 0 Å². The zero-order chi connectivity index (χ0) is 17.6. The van der Waals surface area contributed by atoms with E-state index < -0.39 is 10.0 Å². The van der Waals surface area contributed by atoms with Crippen LogP contribution in [0.1, 0.15) is 46.0 Å². The third-order valence-electron chi connectivity index (χ3n) is 5.34. The Morgan fingerprint density at radius 2 is 1.80 bits per heavy atom. The normalized spacial score (nSPS) is 24.2. The van der Waals surface area contributed by atoms with Crippen molar-refractivity contribution in [3.63, 3.8) is 0 Å². The highest BCUT2D eigenvalue weighted by Gasteiger charge is 2.35. The van der Waals surface area contributed by atoms with Gasteiger partial charge in [0.15, 0.2) is 5.96 Å². The molecule has 2 atom stereocenters. The number of sulfonamides is 1. The first-order chi connectivity index (χ1) is 11.5. The van der Waals surface area contributed by atoms with E-state index in [4.69, 9.17) is 4.99 Å². The number of guanidine groups is 1. The van der Waals surface area contributed by atoms with Crippen LogP contribution in [-0.4, -0.2) is 69.1 Å². The lowest BCUT2D eigenvalue weighted by molar-refractivity contribution is 0.299. The fourth-order valence-corrected chi connectivity index (χ4v) is 4.69. The Bertz CT molecular complexity index is 513. The molecule has 0 amide bonds. The molecule has 0 aromatic carbocycles. The molecule has 6 nitrogen and oxygen atoms in total. The Kier molecular flexibility index (Phi) is 10.0. The monoisotopic (exact) mass is 486 g/mol. The number of likely N-dealkylation sites (tertiary alicyclic amines) is 1. The molecule has 1 aliphatic carbocycles. The number of hydrogen-bond donors (Lipinski definition) is 1. The van der Waals surface area contributed by atoms with E-state index in [1.54, 1.807) is 14.0 Å². The average molecular weight is 486 g/mol. The van der Waals surface area contributed by atoms with Gasteiger partial charge in [0, 0.05) is 39.8 Å². The van der Waals surface area contributed by atoms with Crippen LogP contribution in [0.25, 0.3) is 0 Å². The van der Waals surface area contributed by atoms with Crippen LogP contribution in [0.2, 0.25) is 0 Å². The van der Waals surface area contributed by atoms with Gasteiger partial charge in [0.25, 0.3) is 0 Å². The second kappa shape index (κ2) is 10.9. The molecule has 0 radical (unpaired) electrons. The Balaban J connectivity index is 0.00000312. The third kappa shape index (κ3) is 6.53. The first kappa shape index (κ1) is 23.0. The summed E-state index contributed by atoms with van der Waals surface area (Å²) in [5, 5.41) is 3.41. The SMILES string of the molecule is CCNC(=NCCCN(C)S(=O)(=O)CC)N1CC2CCCCC2C1.I. The highest BCUT2D eigenvalue weighted by molar-refractivity contribution is 14.0. The van der Waals surface area contributed by atoms with Gasteiger partial charge in [-0.25, -0.2) is 12.7 Å². The second-order valence-electron chi connectivity index (χ2n) is 7.02. The van der Waals surface area contributed by atoms with E-state index >= 15 is 0 Å². The van der Waals surface area contributed by atoms with Crippen molar-refractivity contribution in [1.29, 1.82) is 0 Å². The first-order valence-electron chi connectivity index (χ1n) is 9.45. The molecule has 0 aromatic heterocycles. The predicted octanol–water partition coefficient (Wildman–Crippen LogP) is 2.36. The molecule has 2 unspecified atom stereocenters. The summed E-state index contributed by atoms with van der Waals surface area (Å²) in [7, 11) is -1.43. The third-order valence-corrected chi connectivity index (χ3v) is 7.20. The molecule has 0 spiro atoms. The van der Waals surface area contributed by atoms with E-state index in [0.717, 1.165) is 43.9 Å². The van der Waals surface area contributed by atoms with Gasteiger partial charge in [-0.15, -0.1) is 24.0 Å². The molecule has 1 saturated carbocycles. The molecule has 1 heterocycles. The number of aliphatic imine (C=N–C) groups is 1. The number of nitrogens with zero attached hydrogens (tertiary/aromatic N) is 3. The summed E-state index contributed by atoms with van der Waals surface area (Å²) in [6.45, 7) is 8.10. The molecule has 0 bridgehead atoms. The van der Waals surface area contributed by atoms with Crippen molar-refractivity contribution in [3.8, 4) is 0 Å². The molecule has 8 heteroatoms. The number of rotatable bonds is 7. The summed E-state index contributed by atoms with van der Waals surface area (Å²) in [5.41, 5.74) is 0. The van der Waals surface area contributed by atoms with Crippen LogP contribution >= 0.6 is 24.0 Å². The maximum Gasteiger partial charge on any atom is 0.213 e. The van der Waals surface area contributed by atoms with E-state index in [2.05, 4.69) is 17.1 Å². The quantitative estimate of drug-likeness (QED) is 0.260. The Morgan fingerprint density at radius 3 is 2.32 bits per heavy atom. The molecule has 148 valence electrons. The number of fused-ring (bicyclic) bond motifs is 1. The van der Waals surface area contributed by atoms with Gasteiger partial charge in [0.1, 0.15) is 0 Å². The number of nitrogens with one attached hydrogen (secondary N) is 1. The molecule has 1 saturated heterocycles. The van der Waals surface area contributed by atoms with Gasteiger partial charge in [-0.05, 0) is 44.9 Å². The van der Waals surface area contributed by atoms with E-state index in [9.17, 15) is 8.42 Å². The van der Waals surface area contributed by atoms with Crippen LogP contribution < -0.4 is 5.32 Å². The Morgan fingerprint density at radius 1 is 1.20 bits per heavy atom. The van der Waals surface area contributed by atoms with Gasteiger partial charge in [0.2, 0.25) is 10.0 Å². The van der Waals surface area contributed by atoms with Crippen molar-refractivity contribution in [2.24, 2.45) is 16.8 Å².